The van der Waals surface area contributed by atoms with E-state index in [2.05, 4.69) is 20.2 Å². The van der Waals surface area contributed by atoms with Gasteiger partial charge < -0.3 is 5.32 Å². The summed E-state index contributed by atoms with van der Waals surface area (Å²) in [6, 6.07) is 0. The Morgan fingerprint density at radius 2 is 2.00 bits per heavy atom. The lowest BCUT2D eigenvalue weighted by Gasteiger charge is -2.17. The average molecular weight is 182 g/mol. The van der Waals surface area contributed by atoms with Crippen molar-refractivity contribution in [3.8, 4) is 0 Å². The molecule has 0 aromatic rings. The second-order valence-electron chi connectivity index (χ2n) is 2.71. The number of hydrogen-bond donors (Lipinski definition) is 1. The standard InChI is InChI=1S/C7H12N4.C2H6/c1-6-8-4-5-11(6)7-9-2-3-10-7;1-2/h2-5H2,1H3,(H,9,10);1-2H3. The monoisotopic (exact) mass is 182 g/mol. The number of aliphatic imine (C=N–C) groups is 2. The summed E-state index contributed by atoms with van der Waals surface area (Å²) in [6.45, 7) is 9.79. The van der Waals surface area contributed by atoms with Gasteiger partial charge in [0.05, 0.1) is 13.1 Å². The molecule has 4 nitrogen and oxygen atoms in total. The van der Waals surface area contributed by atoms with Crippen LogP contribution in [0.15, 0.2) is 9.98 Å². The fourth-order valence-corrected chi connectivity index (χ4v) is 1.38. The van der Waals surface area contributed by atoms with Crippen LogP contribution in [0.5, 0.6) is 0 Å². The zero-order valence-electron chi connectivity index (χ0n) is 8.67. The molecule has 2 aliphatic heterocycles. The van der Waals surface area contributed by atoms with Crippen molar-refractivity contribution in [3.63, 3.8) is 0 Å². The minimum Gasteiger partial charge on any atom is -0.354 e. The van der Waals surface area contributed by atoms with Crippen molar-refractivity contribution >= 4 is 11.8 Å². The summed E-state index contributed by atoms with van der Waals surface area (Å²) in [6.07, 6.45) is 0. The van der Waals surface area contributed by atoms with E-state index in [1.807, 2.05) is 20.8 Å². The summed E-state index contributed by atoms with van der Waals surface area (Å²) >= 11 is 0. The predicted octanol–water partition coefficient (Wildman–Crippen LogP) is 0.706. The van der Waals surface area contributed by atoms with Crippen LogP contribution in [-0.2, 0) is 0 Å². The molecule has 0 bridgehead atoms. The van der Waals surface area contributed by atoms with Crippen LogP contribution in [0.2, 0.25) is 0 Å². The van der Waals surface area contributed by atoms with Gasteiger partial charge in [-0.05, 0) is 6.92 Å². The molecule has 0 aromatic heterocycles. The molecule has 0 amide bonds. The Morgan fingerprint density at radius 1 is 1.23 bits per heavy atom. The van der Waals surface area contributed by atoms with E-state index in [1.165, 1.54) is 0 Å². The number of amidine groups is 1. The lowest BCUT2D eigenvalue weighted by Crippen LogP contribution is -2.39. The highest BCUT2D eigenvalue weighted by Gasteiger charge is 2.19. The van der Waals surface area contributed by atoms with Crippen molar-refractivity contribution < 1.29 is 0 Å². The fraction of sp³-hybridized carbons (Fsp3) is 0.778. The first-order valence-electron chi connectivity index (χ1n) is 4.95. The highest BCUT2D eigenvalue weighted by Crippen LogP contribution is 2.03. The van der Waals surface area contributed by atoms with E-state index in [-0.39, 0.29) is 0 Å². The van der Waals surface area contributed by atoms with Gasteiger partial charge in [0.1, 0.15) is 5.84 Å². The SMILES string of the molecule is CC.CC1=NCCN1C1=NCCN1. The molecule has 74 valence electrons. The Hall–Kier alpha value is -1.06. The highest BCUT2D eigenvalue weighted by atomic mass is 15.4. The Bertz CT molecular complexity index is 220. The molecule has 0 spiro atoms. The van der Waals surface area contributed by atoms with Crippen LogP contribution in [0.1, 0.15) is 20.8 Å². The molecule has 0 saturated carbocycles. The second-order valence-corrected chi connectivity index (χ2v) is 2.71. The van der Waals surface area contributed by atoms with Gasteiger partial charge in [0.2, 0.25) is 0 Å². The Labute approximate surface area is 79.8 Å². The largest absolute Gasteiger partial charge is 0.354 e. The number of hydrogen-bond acceptors (Lipinski definition) is 4. The summed E-state index contributed by atoms with van der Waals surface area (Å²) in [5.74, 6) is 2.09. The maximum atomic E-state index is 4.32. The Morgan fingerprint density at radius 3 is 2.46 bits per heavy atom. The third kappa shape index (κ3) is 2.20. The van der Waals surface area contributed by atoms with E-state index < -0.39 is 0 Å². The Balaban J connectivity index is 0.000000396. The minimum atomic E-state index is 0.902. The predicted molar refractivity (Wildman–Crippen MR) is 56.3 cm³/mol. The van der Waals surface area contributed by atoms with Gasteiger partial charge >= 0.3 is 0 Å². The van der Waals surface area contributed by atoms with Gasteiger partial charge in [0.15, 0.2) is 5.96 Å². The maximum Gasteiger partial charge on any atom is 0.199 e. The average Bonchev–Trinajstić information content (AvgIpc) is 2.77. The van der Waals surface area contributed by atoms with Crippen molar-refractivity contribution in [1.29, 1.82) is 0 Å². The van der Waals surface area contributed by atoms with Gasteiger partial charge in [-0.3, -0.25) is 14.9 Å². The molecule has 2 aliphatic rings. The van der Waals surface area contributed by atoms with Gasteiger partial charge in [-0.1, -0.05) is 13.8 Å². The first-order chi connectivity index (χ1) is 6.38. The van der Waals surface area contributed by atoms with Crippen molar-refractivity contribution in [2.75, 3.05) is 26.2 Å². The zero-order valence-corrected chi connectivity index (χ0v) is 8.67. The molecule has 4 heteroatoms. The molecule has 0 unspecified atom stereocenters. The first-order valence-corrected chi connectivity index (χ1v) is 4.95. The normalized spacial score (nSPS) is 20.1. The zero-order chi connectivity index (χ0) is 9.68. The quantitative estimate of drug-likeness (QED) is 0.599. The van der Waals surface area contributed by atoms with Gasteiger partial charge in [0.25, 0.3) is 0 Å². The molecule has 0 saturated heterocycles. The van der Waals surface area contributed by atoms with E-state index in [4.69, 9.17) is 0 Å². The summed E-state index contributed by atoms with van der Waals surface area (Å²) in [7, 11) is 0. The Kier molecular flexibility index (Phi) is 3.73. The van der Waals surface area contributed by atoms with Crippen LogP contribution in [-0.4, -0.2) is 42.9 Å². The van der Waals surface area contributed by atoms with Crippen molar-refractivity contribution in [2.24, 2.45) is 9.98 Å². The van der Waals surface area contributed by atoms with Crippen LogP contribution in [0, 0.1) is 0 Å². The molecule has 0 atom stereocenters. The van der Waals surface area contributed by atoms with Crippen molar-refractivity contribution in [2.45, 2.75) is 20.8 Å². The molecule has 0 aromatic carbocycles. The van der Waals surface area contributed by atoms with E-state index in [9.17, 15) is 0 Å². The van der Waals surface area contributed by atoms with Crippen LogP contribution < -0.4 is 5.32 Å². The van der Waals surface area contributed by atoms with Gasteiger partial charge in [0, 0.05) is 13.1 Å². The number of guanidine groups is 1. The molecular weight excluding hydrogens is 164 g/mol. The van der Waals surface area contributed by atoms with Gasteiger partial charge in [-0.25, -0.2) is 0 Å². The lowest BCUT2D eigenvalue weighted by atomic mass is 10.5. The summed E-state index contributed by atoms with van der Waals surface area (Å²) in [5.41, 5.74) is 0. The number of nitrogens with zero attached hydrogens (tertiary/aromatic N) is 3. The summed E-state index contributed by atoms with van der Waals surface area (Å²) in [4.78, 5) is 10.7. The molecule has 0 fully saturated rings. The molecule has 0 aliphatic carbocycles. The van der Waals surface area contributed by atoms with Gasteiger partial charge in [-0.15, -0.1) is 0 Å². The molecule has 13 heavy (non-hydrogen) atoms. The summed E-state index contributed by atoms with van der Waals surface area (Å²) < 4.78 is 0. The van der Waals surface area contributed by atoms with Crippen LogP contribution in [0.4, 0.5) is 0 Å². The third-order valence-electron chi connectivity index (χ3n) is 1.97. The van der Waals surface area contributed by atoms with Crippen LogP contribution in [0.25, 0.3) is 0 Å². The smallest absolute Gasteiger partial charge is 0.199 e. The van der Waals surface area contributed by atoms with E-state index in [0.29, 0.717) is 0 Å². The third-order valence-corrected chi connectivity index (χ3v) is 1.97. The molecule has 0 radical (unpaired) electrons. The fourth-order valence-electron chi connectivity index (χ4n) is 1.38. The maximum absolute atomic E-state index is 4.32. The topological polar surface area (TPSA) is 40.0 Å². The minimum absolute atomic E-state index is 0.902. The van der Waals surface area contributed by atoms with Gasteiger partial charge in [-0.2, -0.15) is 0 Å². The first kappa shape index (κ1) is 10.0. The molecule has 2 rings (SSSR count). The van der Waals surface area contributed by atoms with E-state index in [1.54, 1.807) is 0 Å². The van der Waals surface area contributed by atoms with E-state index in [0.717, 1.165) is 38.0 Å². The van der Waals surface area contributed by atoms with Crippen molar-refractivity contribution in [3.05, 3.63) is 0 Å². The van der Waals surface area contributed by atoms with Crippen LogP contribution >= 0.6 is 0 Å². The highest BCUT2D eigenvalue weighted by molar-refractivity contribution is 6.00. The summed E-state index contributed by atoms with van der Waals surface area (Å²) in [5, 5.41) is 3.22. The molecule has 2 heterocycles. The molecule has 1 N–H and O–H groups in total. The lowest BCUT2D eigenvalue weighted by molar-refractivity contribution is 0.641. The second kappa shape index (κ2) is 4.84. The molecular formula is C9H18N4. The number of rotatable bonds is 0. The number of nitrogens with one attached hydrogen (secondary N) is 1. The van der Waals surface area contributed by atoms with Crippen LogP contribution in [0.3, 0.4) is 0 Å². The van der Waals surface area contributed by atoms with Crippen molar-refractivity contribution in [1.82, 2.24) is 10.2 Å². The van der Waals surface area contributed by atoms with E-state index >= 15 is 0 Å².